The predicted octanol–water partition coefficient (Wildman–Crippen LogP) is 2.31. The van der Waals surface area contributed by atoms with Gasteiger partial charge in [0.15, 0.2) is 0 Å². The maximum absolute atomic E-state index is 12.5. The quantitative estimate of drug-likeness (QED) is 0.897. The van der Waals surface area contributed by atoms with Crippen molar-refractivity contribution in [3.63, 3.8) is 0 Å². The van der Waals surface area contributed by atoms with Crippen LogP contribution in [0, 0.1) is 0 Å². The van der Waals surface area contributed by atoms with E-state index in [1.54, 1.807) is 7.11 Å². The smallest absolute Gasteiger partial charge is 0.268 e. The Kier molecular flexibility index (Phi) is 3.76. The molecule has 124 valence electrons. The first-order chi connectivity index (χ1) is 11.8. The number of carbonyl (C=O) groups is 1. The van der Waals surface area contributed by atoms with Crippen molar-refractivity contribution in [2.75, 3.05) is 20.2 Å². The van der Waals surface area contributed by atoms with Crippen LogP contribution in [0.1, 0.15) is 34.0 Å². The van der Waals surface area contributed by atoms with Gasteiger partial charge in [0.2, 0.25) is 0 Å². The first kappa shape index (κ1) is 14.9. The van der Waals surface area contributed by atoms with Crippen molar-refractivity contribution in [3.05, 3.63) is 65.4 Å². The third kappa shape index (κ3) is 2.37. The number of hydrogen-bond acceptors (Lipinski definition) is 3. The van der Waals surface area contributed by atoms with Gasteiger partial charge in [-0.2, -0.15) is 0 Å². The van der Waals surface area contributed by atoms with Gasteiger partial charge in [0, 0.05) is 36.3 Å². The van der Waals surface area contributed by atoms with E-state index in [-0.39, 0.29) is 11.8 Å². The SMILES string of the molecule is COC1=C(c2cn3c(c2C2C=CC=CC2)C(=O)NCC3)C=CNC1. The minimum Gasteiger partial charge on any atom is -0.499 e. The van der Waals surface area contributed by atoms with Gasteiger partial charge in [0.25, 0.3) is 5.91 Å². The molecule has 1 aromatic heterocycles. The molecule has 2 N–H and O–H groups in total. The van der Waals surface area contributed by atoms with Gasteiger partial charge in [-0.25, -0.2) is 0 Å². The topological polar surface area (TPSA) is 55.3 Å². The van der Waals surface area contributed by atoms with E-state index in [9.17, 15) is 4.79 Å². The summed E-state index contributed by atoms with van der Waals surface area (Å²) in [5.74, 6) is 1.12. The molecule has 5 heteroatoms. The number of hydrogen-bond donors (Lipinski definition) is 2. The Hall–Kier alpha value is -2.69. The largest absolute Gasteiger partial charge is 0.499 e. The number of allylic oxidation sites excluding steroid dienone is 6. The first-order valence-corrected chi connectivity index (χ1v) is 8.31. The standard InChI is InChI=1S/C19H21N3O2/c1-24-16-11-20-8-7-14(16)15-12-22-10-9-21-19(23)18(22)17(15)13-5-3-2-4-6-13/h2-5,7-8,12-13,20H,6,9-11H2,1H3,(H,21,23). The minimum atomic E-state index is 0.0166. The zero-order valence-electron chi connectivity index (χ0n) is 13.7. The normalized spacial score (nSPS) is 22.2. The monoisotopic (exact) mass is 323 g/mol. The molecule has 1 aliphatic carbocycles. The molecular weight excluding hydrogens is 302 g/mol. The second-order valence-corrected chi connectivity index (χ2v) is 6.16. The number of carbonyl (C=O) groups excluding carboxylic acids is 1. The molecule has 24 heavy (non-hydrogen) atoms. The van der Waals surface area contributed by atoms with Crippen LogP contribution in [0.4, 0.5) is 0 Å². The molecule has 0 saturated heterocycles. The number of aromatic nitrogens is 1. The molecule has 1 atom stereocenters. The highest BCUT2D eigenvalue weighted by atomic mass is 16.5. The molecule has 0 fully saturated rings. The lowest BCUT2D eigenvalue weighted by molar-refractivity contribution is 0.0926. The van der Waals surface area contributed by atoms with Crippen molar-refractivity contribution in [1.29, 1.82) is 0 Å². The molecule has 0 radical (unpaired) electrons. The van der Waals surface area contributed by atoms with Crippen molar-refractivity contribution in [1.82, 2.24) is 15.2 Å². The number of methoxy groups -OCH3 is 1. The number of fused-ring (bicyclic) bond motifs is 1. The van der Waals surface area contributed by atoms with E-state index < -0.39 is 0 Å². The summed E-state index contributed by atoms with van der Waals surface area (Å²) in [4.78, 5) is 12.5. The third-order valence-electron chi connectivity index (χ3n) is 4.79. The lowest BCUT2D eigenvalue weighted by atomic mass is 9.86. The number of amides is 1. The highest BCUT2D eigenvalue weighted by Crippen LogP contribution is 2.38. The Bertz CT molecular complexity index is 796. The van der Waals surface area contributed by atoms with Crippen LogP contribution in [0.3, 0.4) is 0 Å². The van der Waals surface area contributed by atoms with E-state index >= 15 is 0 Å². The fourth-order valence-electron chi connectivity index (χ4n) is 3.66. The number of rotatable bonds is 3. The van der Waals surface area contributed by atoms with Crippen LogP contribution in [0.25, 0.3) is 5.57 Å². The molecule has 5 nitrogen and oxygen atoms in total. The van der Waals surface area contributed by atoms with E-state index in [1.807, 2.05) is 12.3 Å². The summed E-state index contributed by atoms with van der Waals surface area (Å²) in [5, 5.41) is 6.16. The van der Waals surface area contributed by atoms with Crippen molar-refractivity contribution in [3.8, 4) is 0 Å². The van der Waals surface area contributed by atoms with Gasteiger partial charge in [-0.15, -0.1) is 0 Å². The number of nitrogens with one attached hydrogen (secondary N) is 2. The molecule has 0 bridgehead atoms. The van der Waals surface area contributed by atoms with Crippen LogP contribution in [0.2, 0.25) is 0 Å². The fraction of sp³-hybridized carbons (Fsp3) is 0.316. The molecule has 3 heterocycles. The summed E-state index contributed by atoms with van der Waals surface area (Å²) >= 11 is 0. The summed E-state index contributed by atoms with van der Waals surface area (Å²) in [6.07, 6.45) is 15.4. The van der Waals surface area contributed by atoms with Gasteiger partial charge in [-0.3, -0.25) is 4.79 Å². The van der Waals surface area contributed by atoms with Crippen LogP contribution in [0.5, 0.6) is 0 Å². The lowest BCUT2D eigenvalue weighted by Crippen LogP contribution is -2.35. The molecule has 0 aromatic carbocycles. The molecule has 4 rings (SSSR count). The van der Waals surface area contributed by atoms with Crippen molar-refractivity contribution in [2.24, 2.45) is 0 Å². The summed E-state index contributed by atoms with van der Waals surface area (Å²) < 4.78 is 7.67. The van der Waals surface area contributed by atoms with Crippen LogP contribution >= 0.6 is 0 Å². The zero-order chi connectivity index (χ0) is 16.5. The lowest BCUT2D eigenvalue weighted by Gasteiger charge is -2.22. The molecule has 2 aliphatic heterocycles. The second-order valence-electron chi connectivity index (χ2n) is 6.16. The van der Waals surface area contributed by atoms with Gasteiger partial charge >= 0.3 is 0 Å². The number of ether oxygens (including phenoxy) is 1. The highest BCUT2D eigenvalue weighted by Gasteiger charge is 2.30. The Labute approximate surface area is 141 Å². The molecule has 3 aliphatic rings. The Balaban J connectivity index is 1.92. The van der Waals surface area contributed by atoms with Crippen molar-refractivity contribution in [2.45, 2.75) is 18.9 Å². The molecule has 1 aromatic rings. The maximum atomic E-state index is 12.5. The average Bonchev–Trinajstić information content (AvgIpc) is 3.03. The van der Waals surface area contributed by atoms with Crippen molar-refractivity contribution >= 4 is 11.5 Å². The second kappa shape index (κ2) is 6.07. The fourth-order valence-corrected chi connectivity index (χ4v) is 3.66. The molecular formula is C19H21N3O2. The van der Waals surface area contributed by atoms with Gasteiger partial charge in [-0.05, 0) is 24.3 Å². The van der Waals surface area contributed by atoms with Crippen molar-refractivity contribution < 1.29 is 9.53 Å². The van der Waals surface area contributed by atoms with E-state index in [0.717, 1.165) is 41.1 Å². The summed E-state index contributed by atoms with van der Waals surface area (Å²) in [6, 6.07) is 0. The van der Waals surface area contributed by atoms with Gasteiger partial charge in [0.1, 0.15) is 11.5 Å². The van der Waals surface area contributed by atoms with Crippen LogP contribution in [-0.2, 0) is 11.3 Å². The van der Waals surface area contributed by atoms with Crippen LogP contribution in [0.15, 0.2) is 48.5 Å². The summed E-state index contributed by atoms with van der Waals surface area (Å²) in [6.45, 7) is 2.14. The Morgan fingerprint density at radius 2 is 2.25 bits per heavy atom. The van der Waals surface area contributed by atoms with Crippen LogP contribution < -0.4 is 10.6 Å². The van der Waals surface area contributed by atoms with E-state index in [2.05, 4.69) is 45.7 Å². The molecule has 1 amide bonds. The van der Waals surface area contributed by atoms with E-state index in [0.29, 0.717) is 13.1 Å². The van der Waals surface area contributed by atoms with E-state index in [4.69, 9.17) is 4.74 Å². The Morgan fingerprint density at radius 3 is 3.04 bits per heavy atom. The highest BCUT2D eigenvalue weighted by molar-refractivity contribution is 5.97. The molecule has 1 unspecified atom stereocenters. The average molecular weight is 323 g/mol. The number of nitrogens with zero attached hydrogens (tertiary/aromatic N) is 1. The summed E-state index contributed by atoms with van der Waals surface area (Å²) in [7, 11) is 1.70. The Morgan fingerprint density at radius 1 is 1.33 bits per heavy atom. The zero-order valence-corrected chi connectivity index (χ0v) is 13.7. The molecule has 0 saturated carbocycles. The first-order valence-electron chi connectivity index (χ1n) is 8.31. The predicted molar refractivity (Wildman–Crippen MR) is 93.5 cm³/mol. The summed E-state index contributed by atoms with van der Waals surface area (Å²) in [5.41, 5.74) is 4.05. The van der Waals surface area contributed by atoms with E-state index in [1.165, 1.54) is 0 Å². The van der Waals surface area contributed by atoms with Crippen LogP contribution in [-0.4, -0.2) is 30.7 Å². The minimum absolute atomic E-state index is 0.0166. The van der Waals surface area contributed by atoms with Gasteiger partial charge in [-0.1, -0.05) is 24.3 Å². The number of dihydropyridines is 1. The third-order valence-corrected chi connectivity index (χ3v) is 4.79. The van der Waals surface area contributed by atoms with Gasteiger partial charge in [0.05, 0.1) is 13.7 Å². The maximum Gasteiger partial charge on any atom is 0.268 e. The van der Waals surface area contributed by atoms with Gasteiger partial charge < -0.3 is 19.9 Å². The molecule has 0 spiro atoms.